The van der Waals surface area contributed by atoms with Crippen LogP contribution >= 0.6 is 0 Å². The standard InChI is InChI=1S/C17H22N4O4/c1-19-11-15(22)21(17(19)24)13-6-3-5-12(9-13)18-16(23)20-8-4-7-14(10-20)25-2/h3,5-6,9,14H,4,7-8,10-11H2,1-2H3,(H,18,23)/t14-/m0/s1. The first-order chi connectivity index (χ1) is 12.0. The molecule has 1 aromatic rings. The van der Waals surface area contributed by atoms with Crippen molar-refractivity contribution >= 4 is 29.3 Å². The van der Waals surface area contributed by atoms with Gasteiger partial charge < -0.3 is 19.9 Å². The Morgan fingerprint density at radius 1 is 1.32 bits per heavy atom. The molecule has 1 aromatic carbocycles. The van der Waals surface area contributed by atoms with E-state index in [1.54, 1.807) is 43.3 Å². The highest BCUT2D eigenvalue weighted by Crippen LogP contribution is 2.24. The number of methoxy groups -OCH3 is 1. The average Bonchev–Trinajstić information content (AvgIpc) is 2.87. The van der Waals surface area contributed by atoms with Crippen molar-refractivity contribution in [3.05, 3.63) is 24.3 Å². The van der Waals surface area contributed by atoms with E-state index in [0.29, 0.717) is 24.5 Å². The van der Waals surface area contributed by atoms with Gasteiger partial charge in [-0.1, -0.05) is 6.07 Å². The molecule has 8 nitrogen and oxygen atoms in total. The van der Waals surface area contributed by atoms with Gasteiger partial charge in [-0.25, -0.2) is 14.5 Å². The molecule has 2 aliphatic rings. The van der Waals surface area contributed by atoms with Crippen LogP contribution in [0.1, 0.15) is 12.8 Å². The summed E-state index contributed by atoms with van der Waals surface area (Å²) in [6.45, 7) is 1.29. The SMILES string of the molecule is CO[C@H]1CCCN(C(=O)Nc2cccc(N3C(=O)CN(C)C3=O)c2)C1. The quantitative estimate of drug-likeness (QED) is 0.845. The third-order valence-corrected chi connectivity index (χ3v) is 4.49. The molecule has 2 fully saturated rings. The van der Waals surface area contributed by atoms with Gasteiger partial charge in [0.2, 0.25) is 0 Å². The molecule has 0 radical (unpaired) electrons. The number of ether oxygens (including phenoxy) is 1. The summed E-state index contributed by atoms with van der Waals surface area (Å²) in [5, 5.41) is 2.83. The number of piperidine rings is 1. The van der Waals surface area contributed by atoms with Gasteiger partial charge in [0, 0.05) is 32.9 Å². The molecule has 0 unspecified atom stereocenters. The summed E-state index contributed by atoms with van der Waals surface area (Å²) in [5.74, 6) is -0.282. The van der Waals surface area contributed by atoms with Gasteiger partial charge in [-0.15, -0.1) is 0 Å². The largest absolute Gasteiger partial charge is 0.380 e. The normalized spacial score (nSPS) is 21.0. The maximum atomic E-state index is 12.4. The number of imide groups is 1. The second-order valence-corrected chi connectivity index (χ2v) is 6.29. The number of likely N-dealkylation sites (N-methyl/N-ethyl adjacent to an activating group) is 1. The van der Waals surface area contributed by atoms with Crippen molar-refractivity contribution in [2.45, 2.75) is 18.9 Å². The predicted molar refractivity (Wildman–Crippen MR) is 92.6 cm³/mol. The highest BCUT2D eigenvalue weighted by Gasteiger charge is 2.34. The molecule has 25 heavy (non-hydrogen) atoms. The molecule has 8 heteroatoms. The van der Waals surface area contributed by atoms with E-state index in [2.05, 4.69) is 5.32 Å². The van der Waals surface area contributed by atoms with Crippen LogP contribution in [-0.4, -0.2) is 67.7 Å². The molecule has 134 valence electrons. The summed E-state index contributed by atoms with van der Waals surface area (Å²) in [6, 6.07) is 6.16. The molecule has 2 saturated heterocycles. The number of likely N-dealkylation sites (tertiary alicyclic amines) is 1. The maximum Gasteiger partial charge on any atom is 0.331 e. The minimum atomic E-state index is -0.368. The van der Waals surface area contributed by atoms with Crippen LogP contribution in [0.5, 0.6) is 0 Å². The van der Waals surface area contributed by atoms with Crippen molar-refractivity contribution in [1.82, 2.24) is 9.80 Å². The lowest BCUT2D eigenvalue weighted by Crippen LogP contribution is -2.44. The number of carbonyl (C=O) groups is 3. The van der Waals surface area contributed by atoms with Gasteiger partial charge in [0.15, 0.2) is 0 Å². The first kappa shape index (κ1) is 17.2. The van der Waals surface area contributed by atoms with E-state index in [1.807, 2.05) is 0 Å². The summed E-state index contributed by atoms with van der Waals surface area (Å²) in [7, 11) is 3.23. The number of anilines is 2. The second-order valence-electron chi connectivity index (χ2n) is 6.29. The van der Waals surface area contributed by atoms with Gasteiger partial charge in [0.25, 0.3) is 5.91 Å². The molecule has 0 bridgehead atoms. The van der Waals surface area contributed by atoms with E-state index >= 15 is 0 Å². The molecule has 0 aromatic heterocycles. The molecular formula is C17H22N4O4. The minimum absolute atomic E-state index is 0.0567. The zero-order valence-corrected chi connectivity index (χ0v) is 14.4. The number of carbonyl (C=O) groups excluding carboxylic acids is 3. The molecule has 0 saturated carbocycles. The topological polar surface area (TPSA) is 82.2 Å². The highest BCUT2D eigenvalue weighted by atomic mass is 16.5. The Labute approximate surface area is 146 Å². The summed E-state index contributed by atoms with van der Waals surface area (Å²) in [5.41, 5.74) is 0.989. The lowest BCUT2D eigenvalue weighted by Gasteiger charge is -2.32. The number of nitrogens with zero attached hydrogens (tertiary/aromatic N) is 3. The number of benzene rings is 1. The molecule has 2 heterocycles. The lowest BCUT2D eigenvalue weighted by atomic mass is 10.1. The number of urea groups is 2. The van der Waals surface area contributed by atoms with Crippen LogP contribution in [0.15, 0.2) is 24.3 Å². The summed E-state index contributed by atoms with van der Waals surface area (Å²) in [4.78, 5) is 40.7. The van der Waals surface area contributed by atoms with Crippen LogP contribution in [0.4, 0.5) is 21.0 Å². The summed E-state index contributed by atoms with van der Waals surface area (Å²) >= 11 is 0. The van der Waals surface area contributed by atoms with E-state index < -0.39 is 0 Å². The van der Waals surface area contributed by atoms with E-state index in [4.69, 9.17) is 4.74 Å². The Morgan fingerprint density at radius 2 is 2.12 bits per heavy atom. The average molecular weight is 346 g/mol. The maximum absolute atomic E-state index is 12.4. The Morgan fingerprint density at radius 3 is 2.80 bits per heavy atom. The van der Waals surface area contributed by atoms with Gasteiger partial charge in [-0.3, -0.25) is 4.79 Å². The van der Waals surface area contributed by atoms with Crippen molar-refractivity contribution in [1.29, 1.82) is 0 Å². The fourth-order valence-electron chi connectivity index (χ4n) is 3.11. The lowest BCUT2D eigenvalue weighted by molar-refractivity contribution is -0.116. The van der Waals surface area contributed by atoms with Crippen molar-refractivity contribution in [2.75, 3.05) is 44.0 Å². The summed E-state index contributed by atoms with van der Waals surface area (Å²) in [6.07, 6.45) is 1.90. The van der Waals surface area contributed by atoms with Crippen LogP contribution < -0.4 is 10.2 Å². The van der Waals surface area contributed by atoms with Gasteiger partial charge >= 0.3 is 12.1 Å². The molecule has 2 aliphatic heterocycles. The number of amides is 5. The zero-order valence-electron chi connectivity index (χ0n) is 14.4. The third-order valence-electron chi connectivity index (χ3n) is 4.49. The number of hydrogen-bond donors (Lipinski definition) is 1. The second kappa shape index (κ2) is 7.10. The molecule has 0 aliphatic carbocycles. The molecule has 5 amide bonds. The molecule has 1 atom stereocenters. The smallest absolute Gasteiger partial charge is 0.331 e. The first-order valence-electron chi connectivity index (χ1n) is 8.26. The fraction of sp³-hybridized carbons (Fsp3) is 0.471. The third kappa shape index (κ3) is 3.58. The van der Waals surface area contributed by atoms with E-state index in [0.717, 1.165) is 17.7 Å². The van der Waals surface area contributed by atoms with Crippen molar-refractivity contribution in [3.63, 3.8) is 0 Å². The monoisotopic (exact) mass is 346 g/mol. The molecule has 3 rings (SSSR count). The molecule has 1 N–H and O–H groups in total. The van der Waals surface area contributed by atoms with E-state index in [9.17, 15) is 14.4 Å². The first-order valence-corrected chi connectivity index (χ1v) is 8.26. The van der Waals surface area contributed by atoms with Crippen LogP contribution in [0.3, 0.4) is 0 Å². The van der Waals surface area contributed by atoms with Gasteiger partial charge in [0.05, 0.1) is 11.8 Å². The molecular weight excluding hydrogens is 324 g/mol. The van der Waals surface area contributed by atoms with Gasteiger partial charge in [-0.05, 0) is 31.0 Å². The minimum Gasteiger partial charge on any atom is -0.380 e. The van der Waals surface area contributed by atoms with Gasteiger partial charge in [0.1, 0.15) is 6.54 Å². The number of nitrogens with one attached hydrogen (secondary N) is 1. The van der Waals surface area contributed by atoms with Crippen LogP contribution in [0.2, 0.25) is 0 Å². The van der Waals surface area contributed by atoms with Crippen LogP contribution in [0.25, 0.3) is 0 Å². The van der Waals surface area contributed by atoms with E-state index in [1.165, 1.54) is 4.90 Å². The predicted octanol–water partition coefficient (Wildman–Crippen LogP) is 1.73. The van der Waals surface area contributed by atoms with Crippen LogP contribution in [-0.2, 0) is 9.53 Å². The molecule has 0 spiro atoms. The van der Waals surface area contributed by atoms with Crippen molar-refractivity contribution < 1.29 is 19.1 Å². The Hall–Kier alpha value is -2.61. The van der Waals surface area contributed by atoms with Gasteiger partial charge in [-0.2, -0.15) is 0 Å². The number of hydrogen-bond acceptors (Lipinski definition) is 4. The Kier molecular flexibility index (Phi) is 4.89. The van der Waals surface area contributed by atoms with Crippen molar-refractivity contribution in [3.8, 4) is 0 Å². The zero-order chi connectivity index (χ0) is 18.0. The number of rotatable bonds is 3. The van der Waals surface area contributed by atoms with Crippen molar-refractivity contribution in [2.24, 2.45) is 0 Å². The fourth-order valence-corrected chi connectivity index (χ4v) is 3.11. The summed E-state index contributed by atoms with van der Waals surface area (Å²) < 4.78 is 5.33. The Bertz CT molecular complexity index is 693. The highest BCUT2D eigenvalue weighted by molar-refractivity contribution is 6.19. The van der Waals surface area contributed by atoms with Crippen LogP contribution in [0, 0.1) is 0 Å². The van der Waals surface area contributed by atoms with E-state index in [-0.39, 0.29) is 30.6 Å². The Balaban J connectivity index is 1.71.